The second kappa shape index (κ2) is 5.63. The van der Waals surface area contributed by atoms with Crippen molar-refractivity contribution in [2.24, 2.45) is 5.84 Å². The lowest BCUT2D eigenvalue weighted by molar-refractivity contribution is -0.119. The Kier molecular flexibility index (Phi) is 3.93. The number of aryl methyl sites for hydroxylation is 1. The number of nitrogen functional groups attached to an aromatic ring is 1. The van der Waals surface area contributed by atoms with E-state index in [1.807, 2.05) is 6.92 Å². The van der Waals surface area contributed by atoms with Crippen LogP contribution >= 0.6 is 0 Å². The number of hydrazine groups is 1. The molecule has 2 rings (SSSR count). The smallest absolute Gasteiger partial charge is 0.239 e. The second-order valence-electron chi connectivity index (χ2n) is 4.25. The molecule has 1 aromatic rings. The third kappa shape index (κ3) is 3.56. The van der Waals surface area contributed by atoms with Crippen LogP contribution in [0.5, 0.6) is 0 Å². The fourth-order valence-electron chi connectivity index (χ4n) is 1.50. The van der Waals surface area contributed by atoms with Crippen molar-refractivity contribution < 1.29 is 4.79 Å². The molecule has 1 fully saturated rings. The number of aromatic nitrogens is 2. The molecule has 0 bridgehead atoms. The Morgan fingerprint density at radius 2 is 2.17 bits per heavy atom. The zero-order valence-electron chi connectivity index (χ0n) is 10.4. The maximum atomic E-state index is 11.5. The number of hydrogen-bond donors (Lipinski definition) is 4. The monoisotopic (exact) mass is 250 g/mol. The third-order valence-corrected chi connectivity index (χ3v) is 2.61. The van der Waals surface area contributed by atoms with Crippen molar-refractivity contribution in [1.82, 2.24) is 15.3 Å². The molecule has 0 aliphatic heterocycles. The summed E-state index contributed by atoms with van der Waals surface area (Å²) in [5.41, 5.74) is 2.48. The summed E-state index contributed by atoms with van der Waals surface area (Å²) < 4.78 is 0. The average Bonchev–Trinajstić information content (AvgIpc) is 3.19. The number of carbonyl (C=O) groups excluding carboxylic acids is 1. The molecular formula is C11H18N6O. The van der Waals surface area contributed by atoms with Gasteiger partial charge in [-0.2, -0.15) is 0 Å². The molecule has 1 saturated carbocycles. The Morgan fingerprint density at radius 1 is 1.44 bits per heavy atom. The molecule has 0 unspecified atom stereocenters. The molecule has 1 aromatic heterocycles. The summed E-state index contributed by atoms with van der Waals surface area (Å²) in [5.74, 6) is 7.12. The number of amides is 1. The topological polar surface area (TPSA) is 105 Å². The minimum absolute atomic E-state index is 0.0172. The van der Waals surface area contributed by atoms with Crippen LogP contribution in [0.2, 0.25) is 0 Å². The van der Waals surface area contributed by atoms with Gasteiger partial charge in [0.1, 0.15) is 17.5 Å². The summed E-state index contributed by atoms with van der Waals surface area (Å²) >= 11 is 0. The van der Waals surface area contributed by atoms with Gasteiger partial charge in [0, 0.05) is 18.5 Å². The molecule has 5 N–H and O–H groups in total. The number of rotatable bonds is 6. The molecule has 0 saturated heterocycles. The van der Waals surface area contributed by atoms with Gasteiger partial charge in [-0.05, 0) is 12.8 Å². The summed E-state index contributed by atoms with van der Waals surface area (Å²) in [7, 11) is 0. The minimum Gasteiger partial charge on any atom is -0.361 e. The van der Waals surface area contributed by atoms with Gasteiger partial charge in [-0.3, -0.25) is 4.79 Å². The molecule has 0 radical (unpaired) electrons. The van der Waals surface area contributed by atoms with Crippen molar-refractivity contribution in [2.45, 2.75) is 32.2 Å². The Morgan fingerprint density at radius 3 is 2.78 bits per heavy atom. The highest BCUT2D eigenvalue weighted by Crippen LogP contribution is 2.18. The van der Waals surface area contributed by atoms with Crippen LogP contribution in [0, 0.1) is 0 Å². The zero-order chi connectivity index (χ0) is 13.0. The van der Waals surface area contributed by atoms with E-state index >= 15 is 0 Å². The maximum Gasteiger partial charge on any atom is 0.239 e. The van der Waals surface area contributed by atoms with E-state index in [2.05, 4.69) is 26.0 Å². The fraction of sp³-hybridized carbons (Fsp3) is 0.545. The first kappa shape index (κ1) is 12.6. The fourth-order valence-corrected chi connectivity index (χ4v) is 1.50. The van der Waals surface area contributed by atoms with Crippen molar-refractivity contribution in [3.05, 3.63) is 11.9 Å². The van der Waals surface area contributed by atoms with Gasteiger partial charge in [-0.25, -0.2) is 15.8 Å². The molecular weight excluding hydrogens is 232 g/mol. The van der Waals surface area contributed by atoms with Crippen molar-refractivity contribution in [3.8, 4) is 0 Å². The molecule has 1 heterocycles. The normalized spacial score (nSPS) is 14.1. The van der Waals surface area contributed by atoms with Gasteiger partial charge in [-0.1, -0.05) is 6.92 Å². The summed E-state index contributed by atoms with van der Waals surface area (Å²) in [4.78, 5) is 20.0. The van der Waals surface area contributed by atoms with E-state index in [0.29, 0.717) is 29.9 Å². The van der Waals surface area contributed by atoms with E-state index in [0.717, 1.165) is 12.8 Å². The van der Waals surface area contributed by atoms with Crippen molar-refractivity contribution in [2.75, 3.05) is 17.3 Å². The highest BCUT2D eigenvalue weighted by molar-refractivity contribution is 5.81. The van der Waals surface area contributed by atoms with E-state index in [9.17, 15) is 4.79 Å². The Labute approximate surface area is 106 Å². The predicted molar refractivity (Wildman–Crippen MR) is 68.9 cm³/mol. The van der Waals surface area contributed by atoms with Crippen LogP contribution in [0.4, 0.5) is 11.6 Å². The molecule has 98 valence electrons. The number of anilines is 2. The first-order valence-electron chi connectivity index (χ1n) is 6.09. The van der Waals surface area contributed by atoms with Crippen molar-refractivity contribution >= 4 is 17.5 Å². The largest absolute Gasteiger partial charge is 0.361 e. The van der Waals surface area contributed by atoms with Gasteiger partial charge in [0.2, 0.25) is 5.91 Å². The summed E-state index contributed by atoms with van der Waals surface area (Å²) in [6.45, 7) is 2.17. The Hall–Kier alpha value is -1.89. The van der Waals surface area contributed by atoms with E-state index in [1.54, 1.807) is 6.07 Å². The van der Waals surface area contributed by atoms with Gasteiger partial charge in [-0.15, -0.1) is 0 Å². The molecule has 0 aromatic carbocycles. The van der Waals surface area contributed by atoms with Crippen molar-refractivity contribution in [3.63, 3.8) is 0 Å². The van der Waals surface area contributed by atoms with Crippen LogP contribution in [-0.4, -0.2) is 28.5 Å². The molecule has 7 nitrogen and oxygen atoms in total. The molecule has 1 aliphatic carbocycles. The predicted octanol–water partition coefficient (Wildman–Crippen LogP) is 0.0151. The number of nitrogens with zero attached hydrogens (tertiary/aromatic N) is 2. The standard InChI is InChI=1S/C11H18N6O/c1-2-8-15-9(5-10(16-8)17-12)13-6-11(18)14-7-3-4-7/h5,7H,2-4,6,12H2,1H3,(H,14,18)(H2,13,15,16,17). The van der Waals surface area contributed by atoms with Gasteiger partial charge in [0.15, 0.2) is 0 Å². The van der Waals surface area contributed by atoms with Crippen molar-refractivity contribution in [1.29, 1.82) is 0 Å². The molecule has 1 aliphatic rings. The van der Waals surface area contributed by atoms with Crippen LogP contribution < -0.4 is 21.9 Å². The third-order valence-electron chi connectivity index (χ3n) is 2.61. The molecule has 18 heavy (non-hydrogen) atoms. The zero-order valence-corrected chi connectivity index (χ0v) is 10.4. The number of hydrogen-bond acceptors (Lipinski definition) is 6. The minimum atomic E-state index is -0.0172. The highest BCUT2D eigenvalue weighted by atomic mass is 16.2. The van der Waals surface area contributed by atoms with Crippen LogP contribution in [0.15, 0.2) is 6.07 Å². The van der Waals surface area contributed by atoms with E-state index in [1.165, 1.54) is 0 Å². The van der Waals surface area contributed by atoms with Crippen LogP contribution in [0.25, 0.3) is 0 Å². The summed E-state index contributed by atoms with van der Waals surface area (Å²) in [6.07, 6.45) is 2.87. The number of nitrogens with two attached hydrogens (primary N) is 1. The molecule has 7 heteroatoms. The summed E-state index contributed by atoms with van der Waals surface area (Å²) in [5, 5.41) is 5.86. The quantitative estimate of drug-likeness (QED) is 0.419. The first-order valence-corrected chi connectivity index (χ1v) is 6.09. The maximum absolute atomic E-state index is 11.5. The van der Waals surface area contributed by atoms with Crippen LogP contribution in [0.1, 0.15) is 25.6 Å². The van der Waals surface area contributed by atoms with Crippen LogP contribution in [-0.2, 0) is 11.2 Å². The van der Waals surface area contributed by atoms with Gasteiger partial charge in [0.05, 0.1) is 6.54 Å². The van der Waals surface area contributed by atoms with Gasteiger partial charge < -0.3 is 16.1 Å². The summed E-state index contributed by atoms with van der Waals surface area (Å²) in [6, 6.07) is 2.04. The van der Waals surface area contributed by atoms with Crippen LogP contribution in [0.3, 0.4) is 0 Å². The van der Waals surface area contributed by atoms with Gasteiger partial charge >= 0.3 is 0 Å². The van der Waals surface area contributed by atoms with E-state index in [-0.39, 0.29) is 12.5 Å². The second-order valence-corrected chi connectivity index (χ2v) is 4.25. The number of nitrogens with one attached hydrogen (secondary N) is 3. The average molecular weight is 250 g/mol. The Balaban J connectivity index is 1.92. The number of carbonyl (C=O) groups is 1. The molecule has 0 atom stereocenters. The molecule has 0 spiro atoms. The highest BCUT2D eigenvalue weighted by Gasteiger charge is 2.22. The molecule has 1 amide bonds. The van der Waals surface area contributed by atoms with E-state index in [4.69, 9.17) is 5.84 Å². The van der Waals surface area contributed by atoms with E-state index < -0.39 is 0 Å². The Bertz CT molecular complexity index is 409. The SMILES string of the molecule is CCc1nc(NN)cc(NCC(=O)NC2CC2)n1. The lowest BCUT2D eigenvalue weighted by Crippen LogP contribution is -2.31. The lowest BCUT2D eigenvalue weighted by Gasteiger charge is -2.09. The lowest BCUT2D eigenvalue weighted by atomic mass is 10.4. The van der Waals surface area contributed by atoms with Gasteiger partial charge in [0.25, 0.3) is 0 Å². The first-order chi connectivity index (χ1) is 8.71.